The van der Waals surface area contributed by atoms with Crippen molar-refractivity contribution in [2.24, 2.45) is 0 Å². The summed E-state index contributed by atoms with van der Waals surface area (Å²) in [7, 11) is 1.27. The lowest BCUT2D eigenvalue weighted by molar-refractivity contribution is -0.151. The van der Waals surface area contributed by atoms with Crippen LogP contribution in [0, 0.1) is 0 Å². The van der Waals surface area contributed by atoms with Gasteiger partial charge in [-0.15, -0.1) is 0 Å². The number of esters is 2. The molecule has 1 atom stereocenters. The van der Waals surface area contributed by atoms with E-state index in [0.717, 1.165) is 5.56 Å². The summed E-state index contributed by atoms with van der Waals surface area (Å²) in [5.41, 5.74) is 1.35. The SMILES string of the molecule is COC(=O)[C@H]1Cc2ccccc2C(=O)O1. The number of methoxy groups -OCH3 is 1. The van der Waals surface area contributed by atoms with Gasteiger partial charge in [-0.1, -0.05) is 18.2 Å². The fourth-order valence-electron chi connectivity index (χ4n) is 1.59. The van der Waals surface area contributed by atoms with Crippen LogP contribution < -0.4 is 0 Å². The largest absolute Gasteiger partial charge is 0.466 e. The maximum Gasteiger partial charge on any atom is 0.347 e. The highest BCUT2D eigenvalue weighted by Crippen LogP contribution is 2.20. The molecular formula is C11H10O4. The van der Waals surface area contributed by atoms with E-state index in [0.29, 0.717) is 12.0 Å². The second kappa shape index (κ2) is 3.73. The van der Waals surface area contributed by atoms with Gasteiger partial charge in [0.1, 0.15) is 0 Å². The van der Waals surface area contributed by atoms with E-state index >= 15 is 0 Å². The van der Waals surface area contributed by atoms with Crippen molar-refractivity contribution < 1.29 is 19.1 Å². The third kappa shape index (κ3) is 1.70. The number of rotatable bonds is 1. The van der Waals surface area contributed by atoms with E-state index < -0.39 is 18.0 Å². The van der Waals surface area contributed by atoms with Gasteiger partial charge in [0.2, 0.25) is 6.10 Å². The predicted molar refractivity (Wildman–Crippen MR) is 51.4 cm³/mol. The first-order valence-electron chi connectivity index (χ1n) is 4.59. The lowest BCUT2D eigenvalue weighted by Crippen LogP contribution is -2.34. The van der Waals surface area contributed by atoms with Crippen molar-refractivity contribution >= 4 is 11.9 Å². The zero-order chi connectivity index (χ0) is 10.8. The predicted octanol–water partition coefficient (Wildman–Crippen LogP) is 0.941. The van der Waals surface area contributed by atoms with E-state index in [9.17, 15) is 9.59 Å². The number of hydrogen-bond donors (Lipinski definition) is 0. The topological polar surface area (TPSA) is 52.6 Å². The minimum Gasteiger partial charge on any atom is -0.466 e. The van der Waals surface area contributed by atoms with Gasteiger partial charge in [-0.25, -0.2) is 9.59 Å². The molecule has 0 saturated carbocycles. The first-order chi connectivity index (χ1) is 7.22. The first-order valence-corrected chi connectivity index (χ1v) is 4.59. The summed E-state index contributed by atoms with van der Waals surface area (Å²) in [6.45, 7) is 0. The van der Waals surface area contributed by atoms with Gasteiger partial charge in [0.05, 0.1) is 12.7 Å². The van der Waals surface area contributed by atoms with Crippen molar-refractivity contribution in [2.75, 3.05) is 7.11 Å². The Labute approximate surface area is 86.8 Å². The molecule has 0 aliphatic carbocycles. The molecule has 4 heteroatoms. The second-order valence-electron chi connectivity index (χ2n) is 3.28. The number of cyclic esters (lactones) is 1. The summed E-state index contributed by atoms with van der Waals surface area (Å²) < 4.78 is 9.49. The van der Waals surface area contributed by atoms with E-state index in [4.69, 9.17) is 4.74 Å². The van der Waals surface area contributed by atoms with Gasteiger partial charge in [0, 0.05) is 6.42 Å². The fraction of sp³-hybridized carbons (Fsp3) is 0.273. The monoisotopic (exact) mass is 206 g/mol. The summed E-state index contributed by atoms with van der Waals surface area (Å²) in [5.74, 6) is -0.981. The molecule has 0 amide bonds. The van der Waals surface area contributed by atoms with Crippen LogP contribution in [0.5, 0.6) is 0 Å². The summed E-state index contributed by atoms with van der Waals surface area (Å²) in [6.07, 6.45) is -0.424. The summed E-state index contributed by atoms with van der Waals surface area (Å²) >= 11 is 0. The van der Waals surface area contributed by atoms with Crippen molar-refractivity contribution in [3.63, 3.8) is 0 Å². The van der Waals surface area contributed by atoms with Gasteiger partial charge in [-0.2, -0.15) is 0 Å². The van der Waals surface area contributed by atoms with Crippen LogP contribution >= 0.6 is 0 Å². The van der Waals surface area contributed by atoms with Gasteiger partial charge in [0.15, 0.2) is 0 Å². The van der Waals surface area contributed by atoms with E-state index in [1.807, 2.05) is 12.1 Å². The second-order valence-corrected chi connectivity index (χ2v) is 3.28. The van der Waals surface area contributed by atoms with Crippen molar-refractivity contribution in [1.29, 1.82) is 0 Å². The van der Waals surface area contributed by atoms with E-state index in [1.165, 1.54) is 7.11 Å². The van der Waals surface area contributed by atoms with Crippen LogP contribution in [0.15, 0.2) is 24.3 Å². The van der Waals surface area contributed by atoms with Crippen molar-refractivity contribution in [3.8, 4) is 0 Å². The molecule has 1 aliphatic heterocycles. The number of benzene rings is 1. The molecule has 1 aromatic rings. The molecule has 0 unspecified atom stereocenters. The molecule has 15 heavy (non-hydrogen) atoms. The highest BCUT2D eigenvalue weighted by molar-refractivity contribution is 5.94. The standard InChI is InChI=1S/C11H10O4/c1-14-11(13)9-6-7-4-2-3-5-8(7)10(12)15-9/h2-5,9H,6H2,1H3/t9-/m1/s1. The van der Waals surface area contributed by atoms with Crippen LogP contribution in [0.1, 0.15) is 15.9 Å². The van der Waals surface area contributed by atoms with Crippen LogP contribution in [0.3, 0.4) is 0 Å². The first kappa shape index (κ1) is 9.71. The Hall–Kier alpha value is -1.84. The molecule has 1 aromatic carbocycles. The third-order valence-electron chi connectivity index (χ3n) is 2.36. The van der Waals surface area contributed by atoms with E-state index in [-0.39, 0.29) is 0 Å². The van der Waals surface area contributed by atoms with E-state index in [1.54, 1.807) is 12.1 Å². The molecule has 0 radical (unpaired) electrons. The third-order valence-corrected chi connectivity index (χ3v) is 2.36. The molecule has 1 aliphatic rings. The molecule has 1 heterocycles. The average Bonchev–Trinajstić information content (AvgIpc) is 2.28. The molecule has 4 nitrogen and oxygen atoms in total. The molecule has 0 aromatic heterocycles. The van der Waals surface area contributed by atoms with Crippen LogP contribution in [0.2, 0.25) is 0 Å². The normalized spacial score (nSPS) is 19.0. The summed E-state index contributed by atoms with van der Waals surface area (Å²) in [5, 5.41) is 0. The summed E-state index contributed by atoms with van der Waals surface area (Å²) in [4.78, 5) is 22.7. The quantitative estimate of drug-likeness (QED) is 0.642. The highest BCUT2D eigenvalue weighted by atomic mass is 16.6. The summed E-state index contributed by atoms with van der Waals surface area (Å²) in [6, 6.07) is 7.08. The highest BCUT2D eigenvalue weighted by Gasteiger charge is 2.31. The zero-order valence-electron chi connectivity index (χ0n) is 8.23. The van der Waals surface area contributed by atoms with Crippen molar-refractivity contribution in [2.45, 2.75) is 12.5 Å². The molecule has 0 fully saturated rings. The fourth-order valence-corrected chi connectivity index (χ4v) is 1.59. The number of carbonyl (C=O) groups is 2. The van der Waals surface area contributed by atoms with Crippen LogP contribution in [0.4, 0.5) is 0 Å². The Morgan fingerprint density at radius 3 is 2.93 bits per heavy atom. The van der Waals surface area contributed by atoms with Crippen LogP contribution in [0.25, 0.3) is 0 Å². The average molecular weight is 206 g/mol. The molecule has 0 N–H and O–H groups in total. The number of ether oxygens (including phenoxy) is 2. The lowest BCUT2D eigenvalue weighted by Gasteiger charge is -2.22. The Kier molecular flexibility index (Phi) is 2.41. The Morgan fingerprint density at radius 2 is 2.20 bits per heavy atom. The van der Waals surface area contributed by atoms with Gasteiger partial charge in [-0.05, 0) is 11.6 Å². The molecule has 78 valence electrons. The van der Waals surface area contributed by atoms with Crippen molar-refractivity contribution in [1.82, 2.24) is 0 Å². The van der Waals surface area contributed by atoms with Gasteiger partial charge >= 0.3 is 11.9 Å². The maximum absolute atomic E-state index is 11.5. The zero-order valence-corrected chi connectivity index (χ0v) is 8.23. The molecule has 0 saturated heterocycles. The maximum atomic E-state index is 11.5. The molecular weight excluding hydrogens is 196 g/mol. The minimum atomic E-state index is -0.808. The number of carbonyl (C=O) groups excluding carboxylic acids is 2. The van der Waals surface area contributed by atoms with Gasteiger partial charge in [-0.3, -0.25) is 0 Å². The van der Waals surface area contributed by atoms with Gasteiger partial charge in [0.25, 0.3) is 0 Å². The smallest absolute Gasteiger partial charge is 0.347 e. The Balaban J connectivity index is 2.30. The lowest BCUT2D eigenvalue weighted by atomic mass is 9.99. The van der Waals surface area contributed by atoms with Crippen molar-refractivity contribution in [3.05, 3.63) is 35.4 Å². The minimum absolute atomic E-state index is 0.384. The molecule has 0 bridgehead atoms. The van der Waals surface area contributed by atoms with Gasteiger partial charge < -0.3 is 9.47 Å². The number of fused-ring (bicyclic) bond motifs is 1. The van der Waals surface area contributed by atoms with E-state index in [2.05, 4.69) is 4.74 Å². The van der Waals surface area contributed by atoms with Crippen LogP contribution in [-0.2, 0) is 20.7 Å². The van der Waals surface area contributed by atoms with Crippen LogP contribution in [-0.4, -0.2) is 25.2 Å². The number of hydrogen-bond acceptors (Lipinski definition) is 4. The Bertz CT molecular complexity index is 411. The molecule has 2 rings (SSSR count). The molecule has 0 spiro atoms. The Morgan fingerprint density at radius 1 is 1.47 bits per heavy atom.